The molecule has 0 radical (unpaired) electrons. The van der Waals surface area contributed by atoms with E-state index in [1.807, 2.05) is 0 Å². The van der Waals surface area contributed by atoms with Crippen molar-refractivity contribution in [3.05, 3.63) is 111 Å². The van der Waals surface area contributed by atoms with Gasteiger partial charge in [0.1, 0.15) is 17.1 Å². The van der Waals surface area contributed by atoms with Crippen LogP contribution in [0.2, 0.25) is 5.02 Å². The van der Waals surface area contributed by atoms with E-state index in [1.165, 1.54) is 18.3 Å². The Morgan fingerprint density at radius 3 is 2.17 bits per heavy atom. The molecular formula is C24H16ClF7N2S. The van der Waals surface area contributed by atoms with E-state index >= 15 is 0 Å². The van der Waals surface area contributed by atoms with Crippen molar-refractivity contribution in [2.24, 2.45) is 0 Å². The Morgan fingerprint density at radius 2 is 1.57 bits per heavy atom. The Balaban J connectivity index is 2.07. The normalized spacial score (nSPS) is 16.2. The predicted octanol–water partition coefficient (Wildman–Crippen LogP) is 7.79. The third kappa shape index (κ3) is 5.13. The summed E-state index contributed by atoms with van der Waals surface area (Å²) in [5.74, 6) is -1.48. The second kappa shape index (κ2) is 9.39. The summed E-state index contributed by atoms with van der Waals surface area (Å²) in [6.07, 6.45) is -8.78. The molecule has 2 heterocycles. The van der Waals surface area contributed by atoms with Crippen LogP contribution in [0.4, 0.5) is 30.7 Å². The number of pyridine rings is 1. The molecule has 0 saturated heterocycles. The van der Waals surface area contributed by atoms with E-state index in [1.54, 1.807) is 30.3 Å². The average molecular weight is 533 g/mol. The van der Waals surface area contributed by atoms with Crippen LogP contribution in [0, 0.1) is 5.82 Å². The maximum Gasteiger partial charge on any atom is 0.431 e. The summed E-state index contributed by atoms with van der Waals surface area (Å²) < 4.78 is 97.9. The first-order valence-electron chi connectivity index (χ1n) is 10.1. The molecule has 3 aromatic rings. The molecule has 184 valence electrons. The monoisotopic (exact) mass is 532 g/mol. The zero-order chi connectivity index (χ0) is 25.4. The number of benzene rings is 2. The van der Waals surface area contributed by atoms with E-state index in [4.69, 9.17) is 11.6 Å². The van der Waals surface area contributed by atoms with Crippen molar-refractivity contribution in [3.63, 3.8) is 0 Å². The molecular weight excluding hydrogens is 517 g/mol. The molecule has 1 aliphatic rings. The average Bonchev–Trinajstić information content (AvgIpc) is 3.29. The van der Waals surface area contributed by atoms with E-state index in [9.17, 15) is 30.7 Å². The third-order valence-corrected chi connectivity index (χ3v) is 6.62. The van der Waals surface area contributed by atoms with Gasteiger partial charge in [-0.3, -0.25) is 4.98 Å². The number of thioether (sulfide) groups is 1. The smallest absolute Gasteiger partial charge is 0.342 e. The Kier molecular flexibility index (Phi) is 6.80. The highest BCUT2D eigenvalue weighted by molar-refractivity contribution is 8.02. The summed E-state index contributed by atoms with van der Waals surface area (Å²) in [6, 6.07) is 12.8. The molecule has 1 aliphatic heterocycles. The summed E-state index contributed by atoms with van der Waals surface area (Å²) >= 11 is 6.79. The lowest BCUT2D eigenvalue weighted by atomic mass is 9.78. The van der Waals surface area contributed by atoms with Crippen LogP contribution < -0.4 is 0 Å². The van der Waals surface area contributed by atoms with Gasteiger partial charge in [-0.2, -0.15) is 26.3 Å². The number of hydrogen-bond acceptors (Lipinski definition) is 3. The first-order valence-corrected chi connectivity index (χ1v) is 11.5. The minimum absolute atomic E-state index is 0.0119. The fraction of sp³-hybridized carbons (Fsp3) is 0.208. The van der Waals surface area contributed by atoms with Crippen molar-refractivity contribution in [3.8, 4) is 0 Å². The highest BCUT2D eigenvalue weighted by Gasteiger charge is 2.51. The molecule has 0 aliphatic carbocycles. The molecule has 2 nitrogen and oxygen atoms in total. The number of allylic oxidation sites excluding steroid dienone is 1. The van der Waals surface area contributed by atoms with Gasteiger partial charge in [-0.15, -0.1) is 11.8 Å². The Morgan fingerprint density at radius 1 is 0.886 bits per heavy atom. The molecule has 1 unspecified atom stereocenters. The number of alkyl halides is 6. The first kappa shape index (κ1) is 25.4. The van der Waals surface area contributed by atoms with Crippen molar-refractivity contribution < 1.29 is 30.7 Å². The van der Waals surface area contributed by atoms with Gasteiger partial charge < -0.3 is 4.90 Å². The summed E-state index contributed by atoms with van der Waals surface area (Å²) in [5.41, 5.74) is -4.14. The van der Waals surface area contributed by atoms with E-state index in [2.05, 4.69) is 4.98 Å². The molecule has 1 atom stereocenters. The van der Waals surface area contributed by atoms with Crippen LogP contribution in [0.3, 0.4) is 0 Å². The first-order chi connectivity index (χ1) is 16.4. The number of hydrogen-bond donors (Lipinski definition) is 0. The molecule has 4 rings (SSSR count). The largest absolute Gasteiger partial charge is 0.431 e. The van der Waals surface area contributed by atoms with Crippen molar-refractivity contribution in [1.82, 2.24) is 9.88 Å². The van der Waals surface area contributed by atoms with E-state index in [0.29, 0.717) is 17.7 Å². The molecule has 0 fully saturated rings. The zero-order valence-corrected chi connectivity index (χ0v) is 19.2. The Hall–Kier alpha value is -2.72. The quantitative estimate of drug-likeness (QED) is 0.312. The summed E-state index contributed by atoms with van der Waals surface area (Å²) in [4.78, 5) is 5.17. The summed E-state index contributed by atoms with van der Waals surface area (Å²) in [6.45, 7) is 0. The van der Waals surface area contributed by atoms with Crippen LogP contribution in [0.15, 0.2) is 78.0 Å². The summed E-state index contributed by atoms with van der Waals surface area (Å²) in [7, 11) is 0. The minimum atomic E-state index is -4.93. The number of aromatic nitrogens is 1. The lowest BCUT2D eigenvalue weighted by Gasteiger charge is -2.45. The number of rotatable bonds is 5. The second-order valence-corrected chi connectivity index (χ2v) is 9.10. The fourth-order valence-electron chi connectivity index (χ4n) is 4.09. The maximum absolute atomic E-state index is 14.6. The Labute approximate surface area is 205 Å². The van der Waals surface area contributed by atoms with Crippen molar-refractivity contribution in [2.75, 3.05) is 5.88 Å². The van der Waals surface area contributed by atoms with Gasteiger partial charge in [0, 0.05) is 18.0 Å². The van der Waals surface area contributed by atoms with E-state index in [0.717, 1.165) is 28.1 Å². The van der Waals surface area contributed by atoms with Gasteiger partial charge >= 0.3 is 12.4 Å². The minimum Gasteiger partial charge on any atom is -0.342 e. The lowest BCUT2D eigenvalue weighted by Crippen LogP contribution is -2.50. The van der Waals surface area contributed by atoms with Gasteiger partial charge in [0.2, 0.25) is 0 Å². The van der Waals surface area contributed by atoms with Crippen LogP contribution >= 0.6 is 23.4 Å². The molecule has 11 heteroatoms. The number of nitrogens with zero attached hydrogens (tertiary/aromatic N) is 2. The molecule has 0 bridgehead atoms. The van der Waals surface area contributed by atoms with Crippen molar-refractivity contribution in [2.45, 2.75) is 24.3 Å². The molecule has 1 aromatic heterocycles. The predicted molar refractivity (Wildman–Crippen MR) is 120 cm³/mol. The van der Waals surface area contributed by atoms with Crippen LogP contribution in [-0.2, 0) is 18.1 Å². The summed E-state index contributed by atoms with van der Waals surface area (Å²) in [5, 5.41) is 1.08. The van der Waals surface area contributed by atoms with Gasteiger partial charge in [-0.05, 0) is 41.5 Å². The SMILES string of the molecule is Fc1cc(C(F)(F)F)cc(C(Cc2ccccc2)(c2ccc(Cl)cn2)N2CSC=C2C(F)(F)F)c1. The van der Waals surface area contributed by atoms with Gasteiger partial charge in [-0.1, -0.05) is 41.9 Å². The molecule has 35 heavy (non-hydrogen) atoms. The molecule has 0 saturated carbocycles. The second-order valence-electron chi connectivity index (χ2n) is 7.84. The topological polar surface area (TPSA) is 16.1 Å². The Bertz CT molecular complexity index is 1230. The number of halogens is 8. The molecule has 2 aromatic carbocycles. The highest BCUT2D eigenvalue weighted by atomic mass is 35.5. The van der Waals surface area contributed by atoms with Gasteiger partial charge in [0.15, 0.2) is 0 Å². The molecule has 0 N–H and O–H groups in total. The van der Waals surface area contributed by atoms with Crippen LogP contribution in [0.25, 0.3) is 0 Å². The van der Waals surface area contributed by atoms with Gasteiger partial charge in [0.25, 0.3) is 0 Å². The zero-order valence-electron chi connectivity index (χ0n) is 17.7. The van der Waals surface area contributed by atoms with Crippen molar-refractivity contribution in [1.29, 1.82) is 0 Å². The van der Waals surface area contributed by atoms with Crippen molar-refractivity contribution >= 4 is 23.4 Å². The fourth-order valence-corrected chi connectivity index (χ4v) is 5.21. The molecule has 0 spiro atoms. The van der Waals surface area contributed by atoms with Gasteiger partial charge in [-0.25, -0.2) is 4.39 Å². The van der Waals surface area contributed by atoms with Crippen LogP contribution in [-0.4, -0.2) is 21.9 Å². The molecule has 0 amide bonds. The van der Waals surface area contributed by atoms with Crippen LogP contribution in [0.1, 0.15) is 22.4 Å². The van der Waals surface area contributed by atoms with Gasteiger partial charge in [0.05, 0.1) is 22.2 Å². The van der Waals surface area contributed by atoms with E-state index in [-0.39, 0.29) is 28.6 Å². The maximum atomic E-state index is 14.6. The third-order valence-electron chi connectivity index (χ3n) is 5.60. The standard InChI is InChI=1S/C24H16ClF7N2S/c25-18-6-7-20(33-12-18)22(11-15-4-2-1-3-5-15,34-14-35-13-21(34)24(30,31)32)16-8-17(23(27,28)29)10-19(26)9-16/h1-10,12-13H,11,14H2. The lowest BCUT2D eigenvalue weighted by molar-refractivity contribution is -0.138. The highest BCUT2D eigenvalue weighted by Crippen LogP contribution is 2.49. The van der Waals surface area contributed by atoms with E-state index < -0.39 is 35.0 Å². The van der Waals surface area contributed by atoms with Crippen LogP contribution in [0.5, 0.6) is 0 Å².